The second-order valence-corrected chi connectivity index (χ2v) is 4.37. The highest BCUT2D eigenvalue weighted by Gasteiger charge is 2.30. The van der Waals surface area contributed by atoms with Gasteiger partial charge < -0.3 is 15.1 Å². The Balaban J connectivity index is 2.41. The first kappa shape index (κ1) is 13.0. The number of nitrogens with zero attached hydrogens (tertiary/aromatic N) is 1. The first-order valence-electron chi connectivity index (χ1n) is 5.65. The summed E-state index contributed by atoms with van der Waals surface area (Å²) in [5, 5.41) is 17.6. The molecular formula is C11H19NO4. The van der Waals surface area contributed by atoms with E-state index < -0.39 is 5.97 Å². The maximum Gasteiger partial charge on any atom is 0.306 e. The lowest BCUT2D eigenvalue weighted by molar-refractivity contribution is -0.145. The minimum atomic E-state index is -0.755. The van der Waals surface area contributed by atoms with E-state index in [1.54, 1.807) is 7.05 Å². The van der Waals surface area contributed by atoms with Crippen LogP contribution in [0.4, 0.5) is 0 Å². The fraction of sp³-hybridized carbons (Fsp3) is 0.818. The van der Waals surface area contributed by atoms with Gasteiger partial charge in [-0.15, -0.1) is 0 Å². The van der Waals surface area contributed by atoms with Crippen LogP contribution in [0.15, 0.2) is 0 Å². The molecule has 1 rings (SSSR count). The second-order valence-electron chi connectivity index (χ2n) is 4.37. The number of hydrogen-bond donors (Lipinski definition) is 2. The van der Waals surface area contributed by atoms with E-state index in [0.29, 0.717) is 32.2 Å². The number of aliphatic carboxylic acids is 1. The molecule has 2 N–H and O–H groups in total. The SMILES string of the molecule is CN(CCO)C(=O)C1CCC(C(=O)O)CC1. The normalized spacial score (nSPS) is 25.1. The van der Waals surface area contributed by atoms with Gasteiger partial charge >= 0.3 is 5.97 Å². The van der Waals surface area contributed by atoms with Crippen LogP contribution in [0.5, 0.6) is 0 Å². The van der Waals surface area contributed by atoms with Crippen molar-refractivity contribution in [2.24, 2.45) is 11.8 Å². The van der Waals surface area contributed by atoms with Crippen molar-refractivity contribution < 1.29 is 19.8 Å². The minimum absolute atomic E-state index is 0.0258. The molecule has 1 aliphatic carbocycles. The highest BCUT2D eigenvalue weighted by Crippen LogP contribution is 2.29. The molecule has 1 saturated carbocycles. The third-order valence-electron chi connectivity index (χ3n) is 3.24. The smallest absolute Gasteiger partial charge is 0.306 e. The first-order chi connectivity index (χ1) is 7.56. The molecule has 92 valence electrons. The molecule has 0 bridgehead atoms. The largest absolute Gasteiger partial charge is 0.481 e. The van der Waals surface area contributed by atoms with Crippen LogP contribution < -0.4 is 0 Å². The van der Waals surface area contributed by atoms with Crippen LogP contribution in [-0.4, -0.2) is 47.2 Å². The predicted molar refractivity (Wildman–Crippen MR) is 57.8 cm³/mol. The Kier molecular flexibility index (Phi) is 4.73. The van der Waals surface area contributed by atoms with E-state index in [1.807, 2.05) is 0 Å². The third kappa shape index (κ3) is 3.20. The van der Waals surface area contributed by atoms with E-state index in [4.69, 9.17) is 10.2 Å². The van der Waals surface area contributed by atoms with E-state index in [1.165, 1.54) is 4.90 Å². The maximum atomic E-state index is 11.8. The minimum Gasteiger partial charge on any atom is -0.481 e. The topological polar surface area (TPSA) is 77.8 Å². The average molecular weight is 229 g/mol. The zero-order valence-corrected chi connectivity index (χ0v) is 9.56. The number of carboxylic acid groups (broad SMARTS) is 1. The molecule has 1 aliphatic rings. The summed E-state index contributed by atoms with van der Waals surface area (Å²) in [5.74, 6) is -1.08. The molecular weight excluding hydrogens is 210 g/mol. The van der Waals surface area contributed by atoms with Gasteiger partial charge in [-0.3, -0.25) is 9.59 Å². The van der Waals surface area contributed by atoms with Crippen LogP contribution in [0.25, 0.3) is 0 Å². The Morgan fingerprint density at radius 1 is 1.19 bits per heavy atom. The van der Waals surface area contributed by atoms with Gasteiger partial charge in [-0.1, -0.05) is 0 Å². The van der Waals surface area contributed by atoms with Crippen molar-refractivity contribution in [3.8, 4) is 0 Å². The van der Waals surface area contributed by atoms with E-state index in [-0.39, 0.29) is 24.3 Å². The Morgan fingerprint density at radius 2 is 1.69 bits per heavy atom. The molecule has 5 heteroatoms. The van der Waals surface area contributed by atoms with Crippen LogP contribution >= 0.6 is 0 Å². The van der Waals surface area contributed by atoms with Crippen molar-refractivity contribution in [3.63, 3.8) is 0 Å². The summed E-state index contributed by atoms with van der Waals surface area (Å²) in [5.41, 5.74) is 0. The zero-order valence-electron chi connectivity index (χ0n) is 9.56. The van der Waals surface area contributed by atoms with Crippen LogP contribution in [-0.2, 0) is 9.59 Å². The number of amides is 1. The number of aliphatic hydroxyl groups is 1. The van der Waals surface area contributed by atoms with E-state index in [0.717, 1.165) is 0 Å². The molecule has 0 aliphatic heterocycles. The Labute approximate surface area is 95.1 Å². The molecule has 0 unspecified atom stereocenters. The Morgan fingerprint density at radius 3 is 2.12 bits per heavy atom. The summed E-state index contributed by atoms with van der Waals surface area (Å²) < 4.78 is 0. The lowest BCUT2D eigenvalue weighted by atomic mass is 9.81. The van der Waals surface area contributed by atoms with Crippen LogP contribution in [0, 0.1) is 11.8 Å². The number of aliphatic hydroxyl groups excluding tert-OH is 1. The predicted octanol–water partition coefficient (Wildman–Crippen LogP) is 0.328. The van der Waals surface area contributed by atoms with Gasteiger partial charge in [-0.05, 0) is 25.7 Å². The molecule has 0 aromatic carbocycles. The number of likely N-dealkylation sites (N-methyl/N-ethyl adjacent to an activating group) is 1. The number of hydrogen-bond acceptors (Lipinski definition) is 3. The molecule has 0 heterocycles. The molecule has 0 spiro atoms. The number of carbonyl (C=O) groups excluding carboxylic acids is 1. The lowest BCUT2D eigenvalue weighted by Crippen LogP contribution is -2.37. The van der Waals surface area contributed by atoms with Crippen molar-refractivity contribution in [2.45, 2.75) is 25.7 Å². The van der Waals surface area contributed by atoms with E-state index in [9.17, 15) is 9.59 Å². The molecule has 0 saturated heterocycles. The monoisotopic (exact) mass is 229 g/mol. The van der Waals surface area contributed by atoms with Gasteiger partial charge in [0, 0.05) is 19.5 Å². The summed E-state index contributed by atoms with van der Waals surface area (Å²) in [7, 11) is 1.67. The van der Waals surface area contributed by atoms with Crippen molar-refractivity contribution in [1.29, 1.82) is 0 Å². The van der Waals surface area contributed by atoms with Crippen LogP contribution in [0.1, 0.15) is 25.7 Å². The van der Waals surface area contributed by atoms with Crippen LogP contribution in [0.3, 0.4) is 0 Å². The average Bonchev–Trinajstić information content (AvgIpc) is 2.28. The number of carboxylic acids is 1. The summed E-state index contributed by atoms with van der Waals surface area (Å²) in [4.78, 5) is 24.1. The third-order valence-corrected chi connectivity index (χ3v) is 3.24. The summed E-state index contributed by atoms with van der Waals surface area (Å²) in [6, 6.07) is 0. The van der Waals surface area contributed by atoms with E-state index in [2.05, 4.69) is 0 Å². The zero-order chi connectivity index (χ0) is 12.1. The first-order valence-corrected chi connectivity index (χ1v) is 5.65. The lowest BCUT2D eigenvalue weighted by Gasteiger charge is -2.28. The molecule has 0 aromatic heterocycles. The Hall–Kier alpha value is -1.10. The molecule has 0 radical (unpaired) electrons. The van der Waals surface area contributed by atoms with Crippen molar-refractivity contribution in [1.82, 2.24) is 4.90 Å². The summed E-state index contributed by atoms with van der Waals surface area (Å²) in [6.45, 7) is 0.310. The molecule has 0 aromatic rings. The van der Waals surface area contributed by atoms with Gasteiger partial charge in [0.2, 0.25) is 5.91 Å². The van der Waals surface area contributed by atoms with Crippen molar-refractivity contribution >= 4 is 11.9 Å². The van der Waals surface area contributed by atoms with E-state index >= 15 is 0 Å². The van der Waals surface area contributed by atoms with Crippen LogP contribution in [0.2, 0.25) is 0 Å². The maximum absolute atomic E-state index is 11.8. The molecule has 1 fully saturated rings. The highest BCUT2D eigenvalue weighted by atomic mass is 16.4. The highest BCUT2D eigenvalue weighted by molar-refractivity contribution is 5.79. The standard InChI is InChI=1S/C11H19NO4/c1-12(6-7-13)10(14)8-2-4-9(5-3-8)11(15)16/h8-9,13H,2-7H2,1H3,(H,15,16). The molecule has 1 amide bonds. The quantitative estimate of drug-likeness (QED) is 0.728. The molecule has 5 nitrogen and oxygen atoms in total. The number of rotatable bonds is 4. The van der Waals surface area contributed by atoms with Crippen molar-refractivity contribution in [3.05, 3.63) is 0 Å². The Bertz CT molecular complexity index is 259. The van der Waals surface area contributed by atoms with Gasteiger partial charge in [-0.25, -0.2) is 0 Å². The second kappa shape index (κ2) is 5.84. The molecule has 0 atom stereocenters. The van der Waals surface area contributed by atoms with Gasteiger partial charge in [0.25, 0.3) is 0 Å². The fourth-order valence-electron chi connectivity index (χ4n) is 2.16. The molecule has 16 heavy (non-hydrogen) atoms. The van der Waals surface area contributed by atoms with Gasteiger partial charge in [-0.2, -0.15) is 0 Å². The summed E-state index contributed by atoms with van der Waals surface area (Å²) in [6.07, 6.45) is 2.45. The summed E-state index contributed by atoms with van der Waals surface area (Å²) >= 11 is 0. The van der Waals surface area contributed by atoms with Gasteiger partial charge in [0.1, 0.15) is 0 Å². The van der Waals surface area contributed by atoms with Crippen molar-refractivity contribution in [2.75, 3.05) is 20.2 Å². The number of carbonyl (C=O) groups is 2. The van der Waals surface area contributed by atoms with Gasteiger partial charge in [0.05, 0.1) is 12.5 Å². The van der Waals surface area contributed by atoms with Gasteiger partial charge in [0.15, 0.2) is 0 Å². The fourth-order valence-corrected chi connectivity index (χ4v) is 2.16.